The SMILES string of the molecule is NC(=NCCc1c[nH]c2ccccc12)N1CCN(c2ccc(F)cc2)CC1. The minimum absolute atomic E-state index is 0.205. The van der Waals surface area contributed by atoms with E-state index in [4.69, 9.17) is 5.73 Å². The molecule has 0 spiro atoms. The Morgan fingerprint density at radius 2 is 1.78 bits per heavy atom. The second kappa shape index (κ2) is 7.70. The molecule has 1 aromatic heterocycles. The van der Waals surface area contributed by atoms with Crippen molar-refractivity contribution in [3.8, 4) is 0 Å². The number of hydrogen-bond donors (Lipinski definition) is 2. The summed E-state index contributed by atoms with van der Waals surface area (Å²) in [6.07, 6.45) is 2.91. The molecule has 0 bridgehead atoms. The van der Waals surface area contributed by atoms with Crippen LogP contribution in [0.15, 0.2) is 59.7 Å². The van der Waals surface area contributed by atoms with Crippen molar-refractivity contribution in [1.82, 2.24) is 9.88 Å². The topological polar surface area (TPSA) is 60.6 Å². The molecule has 0 unspecified atom stereocenters. The molecular weight excluding hydrogens is 341 g/mol. The largest absolute Gasteiger partial charge is 0.370 e. The maximum atomic E-state index is 13.1. The van der Waals surface area contributed by atoms with E-state index in [-0.39, 0.29) is 5.82 Å². The average Bonchev–Trinajstić information content (AvgIpc) is 3.12. The molecule has 140 valence electrons. The van der Waals surface area contributed by atoms with Gasteiger partial charge in [0, 0.05) is 55.5 Å². The highest BCUT2D eigenvalue weighted by Crippen LogP contribution is 2.19. The average molecular weight is 365 g/mol. The van der Waals surface area contributed by atoms with Gasteiger partial charge >= 0.3 is 0 Å². The van der Waals surface area contributed by atoms with Crippen molar-refractivity contribution in [3.63, 3.8) is 0 Å². The van der Waals surface area contributed by atoms with Crippen LogP contribution < -0.4 is 10.6 Å². The molecule has 0 amide bonds. The fraction of sp³-hybridized carbons (Fsp3) is 0.286. The standard InChI is InChI=1S/C21H24FN5/c22-17-5-7-18(8-6-17)26-11-13-27(14-12-26)21(23)24-10-9-16-15-25-20-4-2-1-3-19(16)20/h1-8,15,25H,9-14H2,(H2,23,24). The number of nitrogens with one attached hydrogen (secondary N) is 1. The molecular formula is C21H24FN5. The first kappa shape index (κ1) is 17.4. The maximum Gasteiger partial charge on any atom is 0.191 e. The van der Waals surface area contributed by atoms with Gasteiger partial charge in [-0.2, -0.15) is 0 Å². The molecule has 1 fully saturated rings. The molecule has 1 aliphatic heterocycles. The lowest BCUT2D eigenvalue weighted by Gasteiger charge is -2.36. The molecule has 6 heteroatoms. The third-order valence-electron chi connectivity index (χ3n) is 5.13. The molecule has 3 N–H and O–H groups in total. The normalized spacial score (nSPS) is 15.5. The number of anilines is 1. The lowest BCUT2D eigenvalue weighted by atomic mass is 10.1. The van der Waals surface area contributed by atoms with Crippen molar-refractivity contribution < 1.29 is 4.39 Å². The molecule has 5 nitrogen and oxygen atoms in total. The van der Waals surface area contributed by atoms with Crippen molar-refractivity contribution in [2.75, 3.05) is 37.6 Å². The summed E-state index contributed by atoms with van der Waals surface area (Å²) in [5.41, 5.74) is 9.67. The van der Waals surface area contributed by atoms with E-state index >= 15 is 0 Å². The number of nitrogens with two attached hydrogens (primary N) is 1. The number of piperazine rings is 1. The fourth-order valence-electron chi connectivity index (χ4n) is 3.58. The van der Waals surface area contributed by atoms with E-state index in [1.807, 2.05) is 18.2 Å². The van der Waals surface area contributed by atoms with E-state index in [1.165, 1.54) is 23.1 Å². The van der Waals surface area contributed by atoms with Gasteiger partial charge in [0.25, 0.3) is 0 Å². The van der Waals surface area contributed by atoms with E-state index in [0.29, 0.717) is 12.5 Å². The first-order valence-corrected chi connectivity index (χ1v) is 9.31. The van der Waals surface area contributed by atoms with Crippen molar-refractivity contribution >= 4 is 22.5 Å². The van der Waals surface area contributed by atoms with Crippen LogP contribution in [0.3, 0.4) is 0 Å². The number of aliphatic imine (C=N–C) groups is 1. The predicted octanol–water partition coefficient (Wildman–Crippen LogP) is 2.99. The molecule has 27 heavy (non-hydrogen) atoms. The van der Waals surface area contributed by atoms with Crippen LogP contribution in [0.2, 0.25) is 0 Å². The van der Waals surface area contributed by atoms with Crippen LogP contribution in [-0.2, 0) is 6.42 Å². The zero-order valence-corrected chi connectivity index (χ0v) is 15.2. The molecule has 2 aromatic carbocycles. The molecule has 0 radical (unpaired) electrons. The Bertz CT molecular complexity index is 923. The number of rotatable bonds is 4. The number of aromatic amines is 1. The zero-order chi connectivity index (χ0) is 18.6. The third kappa shape index (κ3) is 3.89. The summed E-state index contributed by atoms with van der Waals surface area (Å²) in [5, 5.41) is 1.25. The molecule has 4 rings (SSSR count). The number of fused-ring (bicyclic) bond motifs is 1. The molecule has 1 aliphatic rings. The van der Waals surface area contributed by atoms with Gasteiger partial charge < -0.3 is 20.5 Å². The van der Waals surface area contributed by atoms with Gasteiger partial charge in [-0.25, -0.2) is 4.39 Å². The molecule has 1 saturated heterocycles. The van der Waals surface area contributed by atoms with E-state index in [9.17, 15) is 4.39 Å². The zero-order valence-electron chi connectivity index (χ0n) is 15.2. The summed E-state index contributed by atoms with van der Waals surface area (Å²) in [7, 11) is 0. The summed E-state index contributed by atoms with van der Waals surface area (Å²) >= 11 is 0. The Kier molecular flexibility index (Phi) is 4.96. The van der Waals surface area contributed by atoms with Gasteiger partial charge in [-0.3, -0.25) is 4.99 Å². The fourth-order valence-corrected chi connectivity index (χ4v) is 3.58. The second-order valence-electron chi connectivity index (χ2n) is 6.80. The third-order valence-corrected chi connectivity index (χ3v) is 5.13. The highest BCUT2D eigenvalue weighted by Gasteiger charge is 2.18. The monoisotopic (exact) mass is 365 g/mol. The number of para-hydroxylation sites is 1. The summed E-state index contributed by atoms with van der Waals surface area (Å²) in [4.78, 5) is 12.2. The quantitative estimate of drug-likeness (QED) is 0.552. The van der Waals surface area contributed by atoms with Crippen LogP contribution in [0.5, 0.6) is 0 Å². The molecule has 3 aromatic rings. The van der Waals surface area contributed by atoms with Crippen LogP contribution in [0.25, 0.3) is 10.9 Å². The maximum absolute atomic E-state index is 13.1. The summed E-state index contributed by atoms with van der Waals surface area (Å²) in [6, 6.07) is 14.9. The van der Waals surface area contributed by atoms with Gasteiger partial charge in [0.1, 0.15) is 5.82 Å². The molecule has 0 aliphatic carbocycles. The number of benzene rings is 2. The minimum atomic E-state index is -0.205. The Hall–Kier alpha value is -3.02. The van der Waals surface area contributed by atoms with Crippen LogP contribution in [0.4, 0.5) is 10.1 Å². The number of nitrogens with zero attached hydrogens (tertiary/aromatic N) is 3. The van der Waals surface area contributed by atoms with Crippen LogP contribution in [-0.4, -0.2) is 48.6 Å². The van der Waals surface area contributed by atoms with Gasteiger partial charge in [-0.1, -0.05) is 18.2 Å². The van der Waals surface area contributed by atoms with Gasteiger partial charge in [0.05, 0.1) is 0 Å². The Morgan fingerprint density at radius 3 is 2.56 bits per heavy atom. The summed E-state index contributed by atoms with van der Waals surface area (Å²) in [6.45, 7) is 4.01. The van der Waals surface area contributed by atoms with Crippen molar-refractivity contribution in [2.45, 2.75) is 6.42 Å². The van der Waals surface area contributed by atoms with Crippen molar-refractivity contribution in [3.05, 3.63) is 66.1 Å². The first-order valence-electron chi connectivity index (χ1n) is 9.31. The minimum Gasteiger partial charge on any atom is -0.370 e. The number of hydrogen-bond acceptors (Lipinski definition) is 2. The highest BCUT2D eigenvalue weighted by atomic mass is 19.1. The lowest BCUT2D eigenvalue weighted by Crippen LogP contribution is -2.51. The van der Waals surface area contributed by atoms with Crippen LogP contribution in [0, 0.1) is 5.82 Å². The number of aromatic nitrogens is 1. The van der Waals surface area contributed by atoms with Gasteiger partial charge in [-0.15, -0.1) is 0 Å². The Labute approximate surface area is 158 Å². The smallest absolute Gasteiger partial charge is 0.191 e. The highest BCUT2D eigenvalue weighted by molar-refractivity contribution is 5.83. The van der Waals surface area contributed by atoms with Crippen molar-refractivity contribution in [2.24, 2.45) is 10.7 Å². The number of guanidine groups is 1. The summed E-state index contributed by atoms with van der Waals surface area (Å²) in [5.74, 6) is 0.401. The van der Waals surface area contributed by atoms with Gasteiger partial charge in [0.15, 0.2) is 5.96 Å². The predicted molar refractivity (Wildman–Crippen MR) is 109 cm³/mol. The van der Waals surface area contributed by atoms with E-state index < -0.39 is 0 Å². The van der Waals surface area contributed by atoms with E-state index in [0.717, 1.165) is 43.8 Å². The molecule has 0 atom stereocenters. The van der Waals surface area contributed by atoms with Gasteiger partial charge in [0.2, 0.25) is 0 Å². The lowest BCUT2D eigenvalue weighted by molar-refractivity contribution is 0.381. The van der Waals surface area contributed by atoms with Gasteiger partial charge in [-0.05, 0) is 42.3 Å². The number of H-pyrrole nitrogens is 1. The van der Waals surface area contributed by atoms with Crippen LogP contribution in [0.1, 0.15) is 5.56 Å². The first-order chi connectivity index (χ1) is 13.2. The van der Waals surface area contributed by atoms with E-state index in [2.05, 4.69) is 44.2 Å². The van der Waals surface area contributed by atoms with Crippen molar-refractivity contribution in [1.29, 1.82) is 0 Å². The second-order valence-corrected chi connectivity index (χ2v) is 6.80. The molecule has 0 saturated carbocycles. The van der Waals surface area contributed by atoms with E-state index in [1.54, 1.807) is 0 Å². The Balaban J connectivity index is 1.31. The molecule has 2 heterocycles. The summed E-state index contributed by atoms with van der Waals surface area (Å²) < 4.78 is 13.1. The number of halogens is 1. The van der Waals surface area contributed by atoms with Crippen LogP contribution >= 0.6 is 0 Å². The Morgan fingerprint density at radius 1 is 1.04 bits per heavy atom.